The second-order valence-electron chi connectivity index (χ2n) is 9.86. The number of methoxy groups -OCH3 is 2. The molecule has 6 nitrogen and oxygen atoms in total. The SMILES string of the molecule is COc1ccc(C2CC(=O)C3=C(C2)N=C(C)C(C(=O)OCc2ccccc2)C3c2ccc(OC)c(Br)c2)cc1. The second-order valence-corrected chi connectivity index (χ2v) is 10.7. The van der Waals surface area contributed by atoms with Crippen molar-refractivity contribution in [3.05, 3.63) is 105 Å². The summed E-state index contributed by atoms with van der Waals surface area (Å²) in [5, 5.41) is 0. The third-order valence-electron chi connectivity index (χ3n) is 7.49. The first-order valence-electron chi connectivity index (χ1n) is 12.9. The molecule has 7 heteroatoms. The lowest BCUT2D eigenvalue weighted by Gasteiger charge is -2.36. The molecule has 0 radical (unpaired) electrons. The van der Waals surface area contributed by atoms with Gasteiger partial charge >= 0.3 is 5.97 Å². The van der Waals surface area contributed by atoms with Gasteiger partial charge in [0, 0.05) is 29.3 Å². The zero-order valence-corrected chi connectivity index (χ0v) is 23.7. The van der Waals surface area contributed by atoms with Crippen LogP contribution in [-0.4, -0.2) is 31.7 Å². The highest BCUT2D eigenvalue weighted by Gasteiger charge is 2.45. The van der Waals surface area contributed by atoms with Gasteiger partial charge in [0.15, 0.2) is 5.78 Å². The first-order chi connectivity index (χ1) is 18.9. The fourth-order valence-electron chi connectivity index (χ4n) is 5.53. The maximum Gasteiger partial charge on any atom is 0.315 e. The number of Topliss-reactive ketones (excluding diaryl/α,β-unsaturated/α-hetero) is 1. The number of allylic oxidation sites excluding steroid dienone is 2. The van der Waals surface area contributed by atoms with E-state index in [-0.39, 0.29) is 18.3 Å². The Balaban J connectivity index is 1.52. The Morgan fingerprint density at radius 2 is 1.67 bits per heavy atom. The van der Waals surface area contributed by atoms with Gasteiger partial charge in [0.1, 0.15) is 24.0 Å². The molecule has 0 spiro atoms. The van der Waals surface area contributed by atoms with Crippen LogP contribution in [0.25, 0.3) is 0 Å². The third kappa shape index (κ3) is 5.55. The summed E-state index contributed by atoms with van der Waals surface area (Å²) in [4.78, 5) is 32.3. The summed E-state index contributed by atoms with van der Waals surface area (Å²) in [7, 11) is 3.24. The molecule has 1 heterocycles. The van der Waals surface area contributed by atoms with Crippen LogP contribution in [-0.2, 0) is 20.9 Å². The third-order valence-corrected chi connectivity index (χ3v) is 8.11. The smallest absolute Gasteiger partial charge is 0.315 e. The van der Waals surface area contributed by atoms with Crippen molar-refractivity contribution < 1.29 is 23.8 Å². The second kappa shape index (κ2) is 11.6. The molecule has 1 aliphatic carbocycles. The maximum absolute atomic E-state index is 13.8. The number of hydrogen-bond acceptors (Lipinski definition) is 6. The number of aliphatic imine (C=N–C) groups is 1. The van der Waals surface area contributed by atoms with Crippen molar-refractivity contribution in [3.8, 4) is 11.5 Å². The van der Waals surface area contributed by atoms with E-state index in [9.17, 15) is 9.59 Å². The van der Waals surface area contributed by atoms with Crippen molar-refractivity contribution in [3.63, 3.8) is 0 Å². The Kier molecular flexibility index (Phi) is 7.98. The Labute approximate surface area is 236 Å². The minimum Gasteiger partial charge on any atom is -0.497 e. The number of nitrogens with zero attached hydrogens (tertiary/aromatic N) is 1. The monoisotopic (exact) mass is 587 g/mol. The molecular formula is C32H30BrNO5. The molecule has 3 unspecified atom stereocenters. The molecule has 5 rings (SSSR count). The molecule has 0 saturated heterocycles. The van der Waals surface area contributed by atoms with E-state index in [1.165, 1.54) is 0 Å². The summed E-state index contributed by atoms with van der Waals surface area (Å²) < 4.78 is 17.3. The van der Waals surface area contributed by atoms with Crippen molar-refractivity contribution in [1.82, 2.24) is 0 Å². The standard InChI is InChI=1S/C32H30BrNO5/c1-19-29(32(36)39-18-20-7-5-4-6-8-20)30(22-11-14-28(38-3)25(33)15-22)31-26(34-19)16-23(17-27(31)35)21-9-12-24(37-2)13-10-21/h4-15,23,29-30H,16-18H2,1-3H3. The van der Waals surface area contributed by atoms with E-state index in [2.05, 4.69) is 15.9 Å². The molecular weight excluding hydrogens is 558 g/mol. The molecule has 0 bridgehead atoms. The molecule has 0 aromatic heterocycles. The lowest BCUT2D eigenvalue weighted by Crippen LogP contribution is -2.38. The van der Waals surface area contributed by atoms with Gasteiger partial charge in [-0.25, -0.2) is 0 Å². The van der Waals surface area contributed by atoms with Crippen LogP contribution in [0.4, 0.5) is 0 Å². The van der Waals surface area contributed by atoms with Gasteiger partial charge in [-0.1, -0.05) is 48.5 Å². The fourth-order valence-corrected chi connectivity index (χ4v) is 6.09. The highest BCUT2D eigenvalue weighted by molar-refractivity contribution is 9.10. The molecule has 0 N–H and O–H groups in total. The van der Waals surface area contributed by atoms with Crippen LogP contribution >= 0.6 is 15.9 Å². The molecule has 0 fully saturated rings. The largest absolute Gasteiger partial charge is 0.497 e. The minimum atomic E-state index is -0.714. The van der Waals surface area contributed by atoms with Gasteiger partial charge in [0.2, 0.25) is 0 Å². The molecule has 1 aliphatic heterocycles. The average molecular weight is 588 g/mol. The van der Waals surface area contributed by atoms with E-state index in [4.69, 9.17) is 19.2 Å². The fraction of sp³-hybridized carbons (Fsp3) is 0.281. The van der Waals surface area contributed by atoms with Crippen LogP contribution in [0.1, 0.15) is 48.3 Å². The van der Waals surface area contributed by atoms with E-state index in [1.54, 1.807) is 14.2 Å². The number of ketones is 1. The van der Waals surface area contributed by atoms with Gasteiger partial charge in [0.25, 0.3) is 0 Å². The lowest BCUT2D eigenvalue weighted by atomic mass is 9.69. The molecule has 3 aromatic rings. The number of esters is 1. The quantitative estimate of drug-likeness (QED) is 0.285. The maximum atomic E-state index is 13.8. The first kappa shape index (κ1) is 26.9. The minimum absolute atomic E-state index is 0.00328. The number of carbonyl (C=O) groups excluding carboxylic acids is 2. The number of rotatable bonds is 7. The number of benzene rings is 3. The molecule has 0 amide bonds. The highest BCUT2D eigenvalue weighted by Crippen LogP contribution is 2.47. The summed E-state index contributed by atoms with van der Waals surface area (Å²) in [6.07, 6.45) is 0.962. The van der Waals surface area contributed by atoms with Gasteiger partial charge < -0.3 is 14.2 Å². The van der Waals surface area contributed by atoms with Gasteiger partial charge in [0.05, 0.1) is 18.7 Å². The van der Waals surface area contributed by atoms with Crippen LogP contribution in [0.15, 0.2) is 93.5 Å². The molecule has 39 heavy (non-hydrogen) atoms. The van der Waals surface area contributed by atoms with Crippen LogP contribution in [0, 0.1) is 5.92 Å². The van der Waals surface area contributed by atoms with Gasteiger partial charge in [-0.3, -0.25) is 14.6 Å². The van der Waals surface area contributed by atoms with Gasteiger partial charge in [-0.05, 0) is 76.1 Å². The van der Waals surface area contributed by atoms with Crippen molar-refractivity contribution >= 4 is 33.4 Å². The summed E-state index contributed by atoms with van der Waals surface area (Å²) in [5.74, 6) is -0.161. The predicted molar refractivity (Wildman–Crippen MR) is 153 cm³/mol. The molecule has 3 aromatic carbocycles. The molecule has 2 aliphatic rings. The van der Waals surface area contributed by atoms with E-state index < -0.39 is 17.8 Å². The topological polar surface area (TPSA) is 74.2 Å². The Hall–Kier alpha value is -3.71. The lowest BCUT2D eigenvalue weighted by molar-refractivity contribution is -0.148. The van der Waals surface area contributed by atoms with Crippen molar-refractivity contribution in [2.45, 2.75) is 38.2 Å². The van der Waals surface area contributed by atoms with Crippen molar-refractivity contribution in [1.29, 1.82) is 0 Å². The van der Waals surface area contributed by atoms with Crippen LogP contribution in [0.5, 0.6) is 11.5 Å². The van der Waals surface area contributed by atoms with E-state index in [1.807, 2.05) is 79.7 Å². The Morgan fingerprint density at radius 3 is 2.33 bits per heavy atom. The Morgan fingerprint density at radius 1 is 0.949 bits per heavy atom. The van der Waals surface area contributed by atoms with Crippen LogP contribution in [0.2, 0.25) is 0 Å². The average Bonchev–Trinajstić information content (AvgIpc) is 2.95. The Bertz CT molecular complexity index is 1450. The van der Waals surface area contributed by atoms with Crippen LogP contribution < -0.4 is 9.47 Å². The van der Waals surface area contributed by atoms with E-state index in [0.29, 0.717) is 29.9 Å². The first-order valence-corrected chi connectivity index (χ1v) is 13.7. The predicted octanol–water partition coefficient (Wildman–Crippen LogP) is 6.78. The summed E-state index contributed by atoms with van der Waals surface area (Å²) in [6, 6.07) is 23.1. The molecule has 0 saturated carbocycles. The molecule has 3 atom stereocenters. The molecule has 200 valence electrons. The van der Waals surface area contributed by atoms with Crippen molar-refractivity contribution in [2.75, 3.05) is 14.2 Å². The summed E-state index contributed by atoms with van der Waals surface area (Å²) in [6.45, 7) is 2.01. The van der Waals surface area contributed by atoms with Gasteiger partial charge in [-0.15, -0.1) is 0 Å². The normalized spacial score (nSPS) is 20.7. The summed E-state index contributed by atoms with van der Waals surface area (Å²) >= 11 is 3.58. The number of carbonyl (C=O) groups is 2. The number of ether oxygens (including phenoxy) is 3. The number of hydrogen-bond donors (Lipinski definition) is 0. The van der Waals surface area contributed by atoms with Gasteiger partial charge in [-0.2, -0.15) is 0 Å². The zero-order valence-electron chi connectivity index (χ0n) is 22.1. The summed E-state index contributed by atoms with van der Waals surface area (Å²) in [5.41, 5.74) is 4.79. The van der Waals surface area contributed by atoms with E-state index in [0.717, 1.165) is 32.6 Å². The van der Waals surface area contributed by atoms with E-state index >= 15 is 0 Å². The van der Waals surface area contributed by atoms with Crippen LogP contribution in [0.3, 0.4) is 0 Å². The number of halogens is 1. The zero-order chi connectivity index (χ0) is 27.5. The highest BCUT2D eigenvalue weighted by atomic mass is 79.9. The van der Waals surface area contributed by atoms with Crippen molar-refractivity contribution in [2.24, 2.45) is 10.9 Å².